The summed E-state index contributed by atoms with van der Waals surface area (Å²) in [6.45, 7) is 0. The number of ether oxygens (including phenoxy) is 1. The van der Waals surface area contributed by atoms with Crippen LogP contribution in [0.2, 0.25) is 0 Å². The van der Waals surface area contributed by atoms with Gasteiger partial charge in [-0.15, -0.1) is 0 Å². The summed E-state index contributed by atoms with van der Waals surface area (Å²) in [5.41, 5.74) is 4.91. The molecular formula is C37H43NO. The number of nitrogens with one attached hydrogen (secondary N) is 1. The molecule has 202 valence electrons. The van der Waals surface area contributed by atoms with Crippen LogP contribution in [0.5, 0.6) is 0 Å². The highest BCUT2D eigenvalue weighted by molar-refractivity contribution is 5.51. The van der Waals surface area contributed by atoms with E-state index in [1.54, 1.807) is 11.1 Å². The predicted octanol–water partition coefficient (Wildman–Crippen LogP) is 8.08. The first-order chi connectivity index (χ1) is 19.3. The molecule has 2 heteroatoms. The molecule has 7 aliphatic carbocycles. The Balaban J connectivity index is 1.18. The Morgan fingerprint density at radius 3 is 2.62 bits per heavy atom. The Morgan fingerprint density at radius 2 is 1.72 bits per heavy atom. The Bertz CT molecular complexity index is 1270. The number of fused-ring (bicyclic) bond motifs is 6. The van der Waals surface area contributed by atoms with Crippen molar-refractivity contribution in [3.05, 3.63) is 108 Å². The monoisotopic (exact) mass is 517 g/mol. The van der Waals surface area contributed by atoms with Gasteiger partial charge in [-0.1, -0.05) is 90.6 Å². The lowest BCUT2D eigenvalue weighted by molar-refractivity contribution is 0.0784. The minimum absolute atomic E-state index is 0.141. The quantitative estimate of drug-likeness (QED) is 0.381. The van der Waals surface area contributed by atoms with Gasteiger partial charge in [-0.05, 0) is 93.1 Å². The van der Waals surface area contributed by atoms with Crippen LogP contribution < -0.4 is 5.32 Å². The summed E-state index contributed by atoms with van der Waals surface area (Å²) in [5.74, 6) is 3.73. The third-order valence-electron chi connectivity index (χ3n) is 11.5. The highest BCUT2D eigenvalue weighted by Gasteiger charge is 2.60. The molecule has 2 nitrogen and oxygen atoms in total. The molecule has 1 heterocycles. The number of allylic oxidation sites excluding steroid dienone is 13. The van der Waals surface area contributed by atoms with Gasteiger partial charge < -0.3 is 10.1 Å². The van der Waals surface area contributed by atoms with Crippen LogP contribution in [0.1, 0.15) is 57.8 Å². The Labute approximate surface area is 234 Å². The van der Waals surface area contributed by atoms with Crippen molar-refractivity contribution in [3.63, 3.8) is 0 Å². The first kappa shape index (κ1) is 24.2. The zero-order valence-corrected chi connectivity index (χ0v) is 23.1. The van der Waals surface area contributed by atoms with Crippen molar-refractivity contribution in [1.29, 1.82) is 0 Å². The van der Waals surface area contributed by atoms with Crippen LogP contribution in [-0.4, -0.2) is 18.2 Å². The van der Waals surface area contributed by atoms with E-state index >= 15 is 0 Å². The van der Waals surface area contributed by atoms with Crippen molar-refractivity contribution in [2.75, 3.05) is 0 Å². The second kappa shape index (κ2) is 9.81. The topological polar surface area (TPSA) is 21.3 Å². The molecule has 1 saturated heterocycles. The second-order valence-corrected chi connectivity index (χ2v) is 13.2. The summed E-state index contributed by atoms with van der Waals surface area (Å²) in [4.78, 5) is 0. The van der Waals surface area contributed by atoms with Crippen LogP contribution in [-0.2, 0) is 4.74 Å². The van der Waals surface area contributed by atoms with Gasteiger partial charge in [-0.2, -0.15) is 0 Å². The maximum Gasteiger partial charge on any atom is 0.0834 e. The number of rotatable bonds is 4. The maximum absolute atomic E-state index is 6.49. The minimum atomic E-state index is 0.141. The van der Waals surface area contributed by atoms with Gasteiger partial charge in [-0.25, -0.2) is 0 Å². The van der Waals surface area contributed by atoms with E-state index < -0.39 is 0 Å². The predicted molar refractivity (Wildman–Crippen MR) is 160 cm³/mol. The SMILES string of the molecule is C1=CC2OC3C=CCC(NC4=CCC5C(=C4)C(C4=CCCC=C4)(C4CC=CCC4)C4C=CCCC54)C3C2C=C1. The zero-order valence-electron chi connectivity index (χ0n) is 23.1. The van der Waals surface area contributed by atoms with Gasteiger partial charge in [-0.3, -0.25) is 0 Å². The third kappa shape index (κ3) is 3.77. The summed E-state index contributed by atoms with van der Waals surface area (Å²) < 4.78 is 6.49. The molecule has 39 heavy (non-hydrogen) atoms. The Hall–Kier alpha value is -2.58. The molecule has 0 aromatic rings. The maximum atomic E-state index is 6.49. The van der Waals surface area contributed by atoms with E-state index in [-0.39, 0.29) is 17.6 Å². The third-order valence-corrected chi connectivity index (χ3v) is 11.5. The van der Waals surface area contributed by atoms with Gasteiger partial charge in [0.15, 0.2) is 0 Å². The van der Waals surface area contributed by atoms with E-state index in [2.05, 4.69) is 96.5 Å². The molecule has 10 atom stereocenters. The van der Waals surface area contributed by atoms with Gasteiger partial charge >= 0.3 is 0 Å². The van der Waals surface area contributed by atoms with Crippen LogP contribution in [0.4, 0.5) is 0 Å². The molecule has 0 aromatic carbocycles. The van der Waals surface area contributed by atoms with E-state index in [0.29, 0.717) is 35.6 Å². The molecule has 2 fully saturated rings. The Morgan fingerprint density at radius 1 is 0.769 bits per heavy atom. The fourth-order valence-corrected chi connectivity index (χ4v) is 10.00. The standard InChI is InChI=1S/C37H43NO/c1-3-12-25(13-4-1)37(26-14-5-2-6-15-26)31-18-9-7-16-28(31)29-23-22-27(24-32(29)37)38-33-19-11-21-35-36(33)30-17-8-10-20-34(30)39-35/h1,3,5,8-11,14-15,17-18,20-22,24-25,28-31,33-36,38H,2,4,6-7,12-13,16,19,23H2. The Kier molecular flexibility index (Phi) is 6.09. The van der Waals surface area contributed by atoms with Gasteiger partial charge in [0.05, 0.1) is 12.2 Å². The highest BCUT2D eigenvalue weighted by atomic mass is 16.5. The lowest BCUT2D eigenvalue weighted by atomic mass is 9.56. The molecule has 0 radical (unpaired) electrons. The second-order valence-electron chi connectivity index (χ2n) is 13.2. The fraction of sp³-hybridized carbons (Fsp3) is 0.514. The van der Waals surface area contributed by atoms with E-state index in [0.717, 1.165) is 12.3 Å². The molecule has 1 N–H and O–H groups in total. The molecule has 8 aliphatic rings. The van der Waals surface area contributed by atoms with Gasteiger partial charge in [0.1, 0.15) is 0 Å². The van der Waals surface area contributed by atoms with Gasteiger partial charge in [0.25, 0.3) is 0 Å². The van der Waals surface area contributed by atoms with Crippen molar-refractivity contribution in [2.24, 2.45) is 40.9 Å². The van der Waals surface area contributed by atoms with Crippen molar-refractivity contribution in [1.82, 2.24) is 5.32 Å². The summed E-state index contributed by atoms with van der Waals surface area (Å²) in [6, 6.07) is 0.412. The lowest BCUT2D eigenvalue weighted by Crippen LogP contribution is -2.44. The molecule has 1 saturated carbocycles. The van der Waals surface area contributed by atoms with Crippen LogP contribution in [0, 0.1) is 40.9 Å². The normalized spacial score (nSPS) is 45.1. The molecule has 0 spiro atoms. The average molecular weight is 518 g/mol. The summed E-state index contributed by atoms with van der Waals surface area (Å²) in [7, 11) is 0. The van der Waals surface area contributed by atoms with E-state index in [1.165, 1.54) is 57.1 Å². The molecule has 0 bridgehead atoms. The van der Waals surface area contributed by atoms with Crippen LogP contribution >= 0.6 is 0 Å². The summed E-state index contributed by atoms with van der Waals surface area (Å²) >= 11 is 0. The zero-order chi connectivity index (χ0) is 25.8. The average Bonchev–Trinajstić information content (AvgIpc) is 3.52. The van der Waals surface area contributed by atoms with Crippen molar-refractivity contribution >= 4 is 0 Å². The van der Waals surface area contributed by atoms with E-state index in [1.807, 2.05) is 0 Å². The minimum Gasteiger partial charge on any atom is -0.382 e. The smallest absolute Gasteiger partial charge is 0.0834 e. The molecule has 0 aromatic heterocycles. The van der Waals surface area contributed by atoms with Crippen LogP contribution in [0.25, 0.3) is 0 Å². The first-order valence-corrected chi connectivity index (χ1v) is 15.9. The summed E-state index contributed by atoms with van der Waals surface area (Å²) in [5, 5.41) is 4.13. The fourth-order valence-electron chi connectivity index (χ4n) is 10.00. The first-order valence-electron chi connectivity index (χ1n) is 15.9. The highest BCUT2D eigenvalue weighted by Crippen LogP contribution is 2.68. The molecule has 0 amide bonds. The van der Waals surface area contributed by atoms with Crippen molar-refractivity contribution < 1.29 is 4.74 Å². The molecular weight excluding hydrogens is 474 g/mol. The van der Waals surface area contributed by atoms with Crippen molar-refractivity contribution in [2.45, 2.75) is 76.0 Å². The van der Waals surface area contributed by atoms with Crippen LogP contribution in [0.3, 0.4) is 0 Å². The molecule has 1 aliphatic heterocycles. The number of hydrogen-bond donors (Lipinski definition) is 1. The number of hydrogen-bond acceptors (Lipinski definition) is 2. The van der Waals surface area contributed by atoms with E-state index in [9.17, 15) is 0 Å². The van der Waals surface area contributed by atoms with Gasteiger partial charge in [0.2, 0.25) is 0 Å². The lowest BCUT2D eigenvalue weighted by Gasteiger charge is -2.47. The van der Waals surface area contributed by atoms with Crippen molar-refractivity contribution in [3.8, 4) is 0 Å². The van der Waals surface area contributed by atoms with E-state index in [4.69, 9.17) is 4.74 Å². The largest absolute Gasteiger partial charge is 0.382 e. The van der Waals surface area contributed by atoms with Gasteiger partial charge in [0, 0.05) is 29.0 Å². The summed E-state index contributed by atoms with van der Waals surface area (Å²) in [6.07, 6.45) is 48.1. The molecule has 10 unspecified atom stereocenters. The molecule has 8 rings (SSSR count). The van der Waals surface area contributed by atoms with Crippen LogP contribution in [0.15, 0.2) is 108 Å².